The van der Waals surface area contributed by atoms with Crippen molar-refractivity contribution in [2.24, 2.45) is 0 Å². The lowest BCUT2D eigenvalue weighted by Gasteiger charge is -2.15. The number of nitrogens with one attached hydrogen (secondary N) is 2. The van der Waals surface area contributed by atoms with Gasteiger partial charge in [-0.1, -0.05) is 0 Å². The molecule has 0 aliphatic heterocycles. The van der Waals surface area contributed by atoms with E-state index in [1.54, 1.807) is 0 Å². The lowest BCUT2D eigenvalue weighted by molar-refractivity contribution is -0.392. The van der Waals surface area contributed by atoms with Crippen molar-refractivity contribution in [2.45, 2.75) is 6.18 Å². The molecular formula is C17H15F3N4O8. The first kappa shape index (κ1) is 24.0. The smallest absolute Gasteiger partial charge is 0.416 e. The van der Waals surface area contributed by atoms with E-state index in [1.807, 2.05) is 10.9 Å². The first-order valence-electron chi connectivity index (χ1n) is 8.35. The van der Waals surface area contributed by atoms with Crippen molar-refractivity contribution in [3.63, 3.8) is 0 Å². The molecule has 2 rings (SSSR count). The highest BCUT2D eigenvalue weighted by Crippen LogP contribution is 2.41. The van der Waals surface area contributed by atoms with E-state index in [0.29, 0.717) is 0 Å². The number of alkyl halides is 3. The Kier molecular flexibility index (Phi) is 6.92. The van der Waals surface area contributed by atoms with E-state index in [1.165, 1.54) is 33.5 Å². The Morgan fingerprint density at radius 1 is 0.906 bits per heavy atom. The third kappa shape index (κ3) is 4.88. The zero-order valence-corrected chi connectivity index (χ0v) is 16.6. The van der Waals surface area contributed by atoms with Crippen LogP contribution in [-0.2, 0) is 6.18 Å². The van der Waals surface area contributed by atoms with Gasteiger partial charge in [-0.15, -0.1) is 0 Å². The Morgan fingerprint density at radius 2 is 1.38 bits per heavy atom. The highest BCUT2D eigenvalue weighted by molar-refractivity contribution is 5.96. The summed E-state index contributed by atoms with van der Waals surface area (Å²) in [5.41, 5.74) is -1.27. The van der Waals surface area contributed by atoms with Gasteiger partial charge in [0.25, 0.3) is 5.91 Å². The average Bonchev–Trinajstić information content (AvgIpc) is 2.74. The van der Waals surface area contributed by atoms with Gasteiger partial charge in [-0.25, -0.2) is 0 Å². The molecule has 2 N–H and O–H groups in total. The first-order valence-corrected chi connectivity index (χ1v) is 8.35. The van der Waals surface area contributed by atoms with Gasteiger partial charge in [0, 0.05) is 17.7 Å². The summed E-state index contributed by atoms with van der Waals surface area (Å²) in [4.78, 5) is 32.5. The van der Waals surface area contributed by atoms with Gasteiger partial charge in [0.15, 0.2) is 11.5 Å². The number of rotatable bonds is 8. The molecule has 0 aliphatic rings. The van der Waals surface area contributed by atoms with Crippen molar-refractivity contribution in [1.29, 1.82) is 0 Å². The molecule has 0 aromatic heterocycles. The van der Waals surface area contributed by atoms with Crippen LogP contribution in [0.2, 0.25) is 0 Å². The van der Waals surface area contributed by atoms with Crippen LogP contribution in [0, 0.1) is 20.2 Å². The highest BCUT2D eigenvalue weighted by Gasteiger charge is 2.38. The van der Waals surface area contributed by atoms with Crippen LogP contribution in [0.25, 0.3) is 0 Å². The van der Waals surface area contributed by atoms with Gasteiger partial charge in [-0.3, -0.25) is 35.9 Å². The minimum absolute atomic E-state index is 0.0866. The summed E-state index contributed by atoms with van der Waals surface area (Å²) in [6.07, 6.45) is -5.08. The number of halogens is 3. The number of methoxy groups -OCH3 is 3. The molecule has 0 atom stereocenters. The standard InChI is InChI=1S/C17H15F3N4O8/c1-30-12-4-8(5-13(31-2)15(12)32-3)16(25)22-21-14-10(23(26)27)6-9(17(18,19)20)7-11(14)24(28)29/h4-7,21H,1-3H3,(H,22,25). The quantitative estimate of drug-likeness (QED) is 0.446. The van der Waals surface area contributed by atoms with E-state index < -0.39 is 44.6 Å². The lowest BCUT2D eigenvalue weighted by atomic mass is 10.1. The fourth-order valence-electron chi connectivity index (χ4n) is 2.60. The Morgan fingerprint density at radius 3 is 1.72 bits per heavy atom. The number of anilines is 1. The Balaban J connectivity index is 2.47. The largest absolute Gasteiger partial charge is 0.493 e. The van der Waals surface area contributed by atoms with E-state index in [2.05, 4.69) is 0 Å². The molecule has 0 heterocycles. The van der Waals surface area contributed by atoms with Crippen LogP contribution in [0.1, 0.15) is 15.9 Å². The van der Waals surface area contributed by atoms with Crippen LogP contribution in [0.4, 0.5) is 30.2 Å². The normalized spacial score (nSPS) is 10.8. The van der Waals surface area contributed by atoms with Gasteiger partial charge in [-0.05, 0) is 12.1 Å². The number of carbonyl (C=O) groups excluding carboxylic acids is 1. The number of hydrogen-bond acceptors (Lipinski definition) is 9. The fraction of sp³-hybridized carbons (Fsp3) is 0.235. The molecule has 0 saturated heterocycles. The molecule has 2 aromatic rings. The maximum absolute atomic E-state index is 13.0. The van der Waals surface area contributed by atoms with Crippen molar-refractivity contribution < 1.29 is 42.0 Å². The van der Waals surface area contributed by atoms with E-state index >= 15 is 0 Å². The number of nitrogens with zero attached hydrogens (tertiary/aromatic N) is 2. The zero-order chi connectivity index (χ0) is 24.2. The third-order valence-electron chi connectivity index (χ3n) is 4.05. The number of carbonyl (C=O) groups is 1. The van der Waals surface area contributed by atoms with Crippen LogP contribution < -0.4 is 25.1 Å². The fourth-order valence-corrected chi connectivity index (χ4v) is 2.60. The summed E-state index contributed by atoms with van der Waals surface area (Å²) in [7, 11) is 3.89. The monoisotopic (exact) mass is 460 g/mol. The van der Waals surface area contributed by atoms with Gasteiger partial charge >= 0.3 is 17.6 Å². The number of hydrazine groups is 1. The first-order chi connectivity index (χ1) is 14.9. The predicted molar refractivity (Wildman–Crippen MR) is 102 cm³/mol. The van der Waals surface area contributed by atoms with Crippen LogP contribution in [0.15, 0.2) is 24.3 Å². The minimum Gasteiger partial charge on any atom is -0.493 e. The van der Waals surface area contributed by atoms with E-state index in [9.17, 15) is 38.2 Å². The number of nitro groups is 2. The molecule has 172 valence electrons. The second-order valence-electron chi connectivity index (χ2n) is 5.89. The Labute approximate surface area is 177 Å². The molecule has 0 fully saturated rings. The molecule has 0 bridgehead atoms. The van der Waals surface area contributed by atoms with Crippen LogP contribution in [-0.4, -0.2) is 37.1 Å². The molecule has 2 aromatic carbocycles. The minimum atomic E-state index is -5.08. The van der Waals surface area contributed by atoms with E-state index in [0.717, 1.165) is 0 Å². The zero-order valence-electron chi connectivity index (χ0n) is 16.6. The van der Waals surface area contributed by atoms with Crippen molar-refractivity contribution in [2.75, 3.05) is 26.8 Å². The summed E-state index contributed by atoms with van der Waals surface area (Å²) < 4.78 is 54.2. The lowest BCUT2D eigenvalue weighted by Crippen LogP contribution is -2.30. The molecule has 0 spiro atoms. The summed E-state index contributed by atoms with van der Waals surface area (Å²) in [5.74, 6) is -0.631. The van der Waals surface area contributed by atoms with E-state index in [-0.39, 0.29) is 34.9 Å². The number of benzene rings is 2. The molecule has 0 radical (unpaired) electrons. The maximum atomic E-state index is 13.0. The maximum Gasteiger partial charge on any atom is 0.416 e. The topological polar surface area (TPSA) is 155 Å². The van der Waals surface area contributed by atoms with Crippen molar-refractivity contribution in [3.8, 4) is 17.2 Å². The van der Waals surface area contributed by atoms with Gasteiger partial charge in [-0.2, -0.15) is 13.2 Å². The molecule has 0 aliphatic carbocycles. The average molecular weight is 460 g/mol. The summed E-state index contributed by atoms with van der Waals surface area (Å²) in [6, 6.07) is 2.66. The second-order valence-corrected chi connectivity index (χ2v) is 5.89. The van der Waals surface area contributed by atoms with Crippen LogP contribution in [0.5, 0.6) is 17.2 Å². The van der Waals surface area contributed by atoms with Crippen molar-refractivity contribution in [3.05, 3.63) is 55.6 Å². The van der Waals surface area contributed by atoms with Crippen molar-refractivity contribution in [1.82, 2.24) is 5.43 Å². The summed E-state index contributed by atoms with van der Waals surface area (Å²) in [6.45, 7) is 0. The highest BCUT2D eigenvalue weighted by atomic mass is 19.4. The Bertz CT molecular complexity index is 1010. The number of amides is 1. The second kappa shape index (κ2) is 9.23. The number of ether oxygens (including phenoxy) is 3. The summed E-state index contributed by atoms with van der Waals surface area (Å²) >= 11 is 0. The molecule has 0 unspecified atom stereocenters. The number of hydrogen-bond donors (Lipinski definition) is 2. The number of nitro benzene ring substituents is 2. The molecule has 15 heteroatoms. The molecule has 0 saturated carbocycles. The third-order valence-corrected chi connectivity index (χ3v) is 4.05. The van der Waals surface area contributed by atoms with Gasteiger partial charge in [0.05, 0.1) is 36.7 Å². The SMILES string of the molecule is COc1cc(C(=O)NNc2c([N+](=O)[O-])cc(C(F)(F)F)cc2[N+](=O)[O-])cc(OC)c1OC. The van der Waals surface area contributed by atoms with Gasteiger partial charge in [0.1, 0.15) is 0 Å². The molecule has 32 heavy (non-hydrogen) atoms. The molecule has 12 nitrogen and oxygen atoms in total. The molecule has 1 amide bonds. The Hall–Kier alpha value is -4.30. The van der Waals surface area contributed by atoms with E-state index in [4.69, 9.17) is 14.2 Å². The van der Waals surface area contributed by atoms with Crippen LogP contribution >= 0.6 is 0 Å². The molecular weight excluding hydrogens is 445 g/mol. The van der Waals surface area contributed by atoms with Gasteiger partial charge < -0.3 is 14.2 Å². The summed E-state index contributed by atoms with van der Waals surface area (Å²) in [5, 5.41) is 22.5. The van der Waals surface area contributed by atoms with Crippen LogP contribution in [0.3, 0.4) is 0 Å². The van der Waals surface area contributed by atoms with Gasteiger partial charge in [0.2, 0.25) is 11.4 Å². The predicted octanol–water partition coefficient (Wildman–Crippen LogP) is 3.30. The van der Waals surface area contributed by atoms with Crippen molar-refractivity contribution >= 4 is 23.0 Å².